The van der Waals surface area contributed by atoms with Crippen LogP contribution in [-0.2, 0) is 17.7 Å². The van der Waals surface area contributed by atoms with Gasteiger partial charge in [-0.15, -0.1) is 0 Å². The molecule has 3 aromatic rings. The number of hydrogen-bond acceptors (Lipinski definition) is 5. The molecule has 166 valence electrons. The predicted octanol–water partition coefficient (Wildman–Crippen LogP) is 4.30. The fraction of sp³-hybridized carbons (Fsp3) is 0.280. The highest BCUT2D eigenvalue weighted by molar-refractivity contribution is 6.00. The molecular formula is C25H24FNO5. The van der Waals surface area contributed by atoms with Crippen LogP contribution in [0.5, 0.6) is 11.5 Å². The number of halogens is 1. The number of hydrogen-bond donors (Lipinski definition) is 0. The van der Waals surface area contributed by atoms with Crippen LogP contribution < -0.4 is 9.47 Å². The second kappa shape index (κ2) is 9.26. The SMILES string of the molecule is Cc1cc(C(=O)COC(=O)c2ccc3c(c2)OCCO3)c(C)n1CCc1ccc(F)cc1. The lowest BCUT2D eigenvalue weighted by Crippen LogP contribution is -2.17. The van der Waals surface area contributed by atoms with Gasteiger partial charge in [0.1, 0.15) is 19.0 Å². The van der Waals surface area contributed by atoms with Crippen molar-refractivity contribution < 1.29 is 28.2 Å². The summed E-state index contributed by atoms with van der Waals surface area (Å²) >= 11 is 0. The first-order valence-electron chi connectivity index (χ1n) is 10.4. The van der Waals surface area contributed by atoms with Crippen LogP contribution in [0.1, 0.15) is 37.7 Å². The number of rotatable bonds is 7. The van der Waals surface area contributed by atoms with Crippen LogP contribution in [-0.4, -0.2) is 36.1 Å². The van der Waals surface area contributed by atoms with Crippen molar-refractivity contribution in [2.45, 2.75) is 26.8 Å². The lowest BCUT2D eigenvalue weighted by Gasteiger charge is -2.18. The molecule has 0 fully saturated rings. The molecule has 0 spiro atoms. The Morgan fingerprint density at radius 1 is 1.00 bits per heavy atom. The molecule has 0 saturated heterocycles. The molecule has 1 aromatic heterocycles. The van der Waals surface area contributed by atoms with Gasteiger partial charge >= 0.3 is 5.97 Å². The van der Waals surface area contributed by atoms with Gasteiger partial charge in [0.15, 0.2) is 18.1 Å². The number of nitrogens with zero attached hydrogens (tertiary/aromatic N) is 1. The molecule has 0 bridgehead atoms. The van der Waals surface area contributed by atoms with Gasteiger partial charge in [-0.3, -0.25) is 4.79 Å². The molecule has 32 heavy (non-hydrogen) atoms. The zero-order valence-electron chi connectivity index (χ0n) is 18.0. The van der Waals surface area contributed by atoms with Gasteiger partial charge in [-0.05, 0) is 62.2 Å². The molecule has 2 heterocycles. The summed E-state index contributed by atoms with van der Waals surface area (Å²) in [6, 6.07) is 13.0. The van der Waals surface area contributed by atoms with Gasteiger partial charge in [-0.2, -0.15) is 0 Å². The Balaban J connectivity index is 1.38. The molecule has 0 saturated carbocycles. The van der Waals surface area contributed by atoms with Crippen molar-refractivity contribution in [2.24, 2.45) is 0 Å². The molecule has 4 rings (SSSR count). The summed E-state index contributed by atoms with van der Waals surface area (Å²) in [4.78, 5) is 25.1. The Bertz CT molecular complexity index is 1150. The van der Waals surface area contributed by atoms with Crippen LogP contribution in [0.15, 0.2) is 48.5 Å². The van der Waals surface area contributed by atoms with Crippen molar-refractivity contribution in [3.8, 4) is 11.5 Å². The molecule has 0 aliphatic carbocycles. The summed E-state index contributed by atoms with van der Waals surface area (Å²) in [6.07, 6.45) is 0.712. The van der Waals surface area contributed by atoms with Gasteiger partial charge in [0.2, 0.25) is 5.78 Å². The Morgan fingerprint density at radius 2 is 1.72 bits per heavy atom. The molecule has 0 radical (unpaired) electrons. The number of carbonyl (C=O) groups excluding carboxylic acids is 2. The number of aromatic nitrogens is 1. The Morgan fingerprint density at radius 3 is 2.47 bits per heavy atom. The summed E-state index contributed by atoms with van der Waals surface area (Å²) in [5, 5.41) is 0. The zero-order chi connectivity index (χ0) is 22.7. The highest BCUT2D eigenvalue weighted by Gasteiger charge is 2.20. The number of benzene rings is 2. The molecule has 0 amide bonds. The minimum absolute atomic E-state index is 0.263. The minimum atomic E-state index is -0.597. The summed E-state index contributed by atoms with van der Waals surface area (Å²) in [5.74, 6) is -0.0584. The van der Waals surface area contributed by atoms with Crippen molar-refractivity contribution in [1.29, 1.82) is 0 Å². The largest absolute Gasteiger partial charge is 0.486 e. The van der Waals surface area contributed by atoms with E-state index in [1.54, 1.807) is 36.4 Å². The van der Waals surface area contributed by atoms with Crippen LogP contribution in [0, 0.1) is 19.7 Å². The number of fused-ring (bicyclic) bond motifs is 1. The summed E-state index contributed by atoms with van der Waals surface area (Å²) in [5.41, 5.74) is 3.58. The number of ether oxygens (including phenoxy) is 3. The maximum atomic E-state index is 13.1. The van der Waals surface area contributed by atoms with E-state index >= 15 is 0 Å². The maximum Gasteiger partial charge on any atom is 0.338 e. The standard InChI is InChI=1S/C25H24FNO5/c1-16-13-21(17(2)27(16)10-9-18-3-6-20(26)7-4-18)22(28)15-32-25(29)19-5-8-23-24(14-19)31-12-11-30-23/h3-8,13-14H,9-12,15H2,1-2H3. The molecule has 0 N–H and O–H groups in total. The molecular weight excluding hydrogens is 413 g/mol. The lowest BCUT2D eigenvalue weighted by molar-refractivity contribution is 0.0473. The third-order valence-electron chi connectivity index (χ3n) is 5.52. The first kappa shape index (κ1) is 21.6. The normalized spacial score (nSPS) is 12.5. The topological polar surface area (TPSA) is 66.8 Å². The predicted molar refractivity (Wildman–Crippen MR) is 116 cm³/mol. The van der Waals surface area contributed by atoms with Crippen molar-refractivity contribution in [3.05, 3.63) is 82.4 Å². The van der Waals surface area contributed by atoms with Gasteiger partial charge in [-0.25, -0.2) is 9.18 Å². The van der Waals surface area contributed by atoms with Gasteiger partial charge in [0.25, 0.3) is 0 Å². The van der Waals surface area contributed by atoms with Gasteiger partial charge in [0, 0.05) is 23.5 Å². The van der Waals surface area contributed by atoms with Gasteiger partial charge in [-0.1, -0.05) is 12.1 Å². The quantitative estimate of drug-likeness (QED) is 0.407. The first-order chi connectivity index (χ1) is 15.4. The van der Waals surface area contributed by atoms with E-state index in [9.17, 15) is 14.0 Å². The number of esters is 1. The smallest absolute Gasteiger partial charge is 0.338 e. The van der Waals surface area contributed by atoms with Crippen molar-refractivity contribution in [1.82, 2.24) is 4.57 Å². The molecule has 0 unspecified atom stereocenters. The fourth-order valence-corrected chi connectivity index (χ4v) is 3.78. The van der Waals surface area contributed by atoms with Crippen LogP contribution >= 0.6 is 0 Å². The van der Waals surface area contributed by atoms with E-state index in [-0.39, 0.29) is 18.2 Å². The Kier molecular flexibility index (Phi) is 6.25. The van der Waals surface area contributed by atoms with E-state index in [4.69, 9.17) is 14.2 Å². The zero-order valence-corrected chi connectivity index (χ0v) is 18.0. The molecule has 1 aliphatic heterocycles. The molecule has 0 atom stereocenters. The minimum Gasteiger partial charge on any atom is -0.486 e. The van der Waals surface area contributed by atoms with E-state index < -0.39 is 5.97 Å². The van der Waals surface area contributed by atoms with Gasteiger partial charge < -0.3 is 18.8 Å². The maximum absolute atomic E-state index is 13.1. The Labute approximate surface area is 185 Å². The van der Waals surface area contributed by atoms with Crippen molar-refractivity contribution in [2.75, 3.05) is 19.8 Å². The summed E-state index contributed by atoms with van der Waals surface area (Å²) in [7, 11) is 0. The van der Waals surface area contributed by atoms with E-state index in [1.165, 1.54) is 12.1 Å². The number of carbonyl (C=O) groups is 2. The average molecular weight is 437 g/mol. The average Bonchev–Trinajstić information content (AvgIpc) is 3.09. The van der Waals surface area contributed by atoms with Crippen LogP contribution in [0.2, 0.25) is 0 Å². The molecule has 2 aromatic carbocycles. The fourth-order valence-electron chi connectivity index (χ4n) is 3.78. The van der Waals surface area contributed by atoms with Crippen LogP contribution in [0.25, 0.3) is 0 Å². The van der Waals surface area contributed by atoms with Crippen molar-refractivity contribution in [3.63, 3.8) is 0 Å². The van der Waals surface area contributed by atoms with E-state index in [2.05, 4.69) is 0 Å². The summed E-state index contributed by atoms with van der Waals surface area (Å²) in [6.45, 7) is 4.99. The third kappa shape index (κ3) is 4.66. The first-order valence-corrected chi connectivity index (χ1v) is 10.4. The second-order valence-corrected chi connectivity index (χ2v) is 7.67. The second-order valence-electron chi connectivity index (χ2n) is 7.67. The van der Waals surface area contributed by atoms with E-state index in [0.29, 0.717) is 48.8 Å². The monoisotopic (exact) mass is 437 g/mol. The number of Topliss-reactive ketones (excluding diaryl/α,β-unsaturated/α-hetero) is 1. The highest BCUT2D eigenvalue weighted by Crippen LogP contribution is 2.31. The van der Waals surface area contributed by atoms with Gasteiger partial charge in [0.05, 0.1) is 5.56 Å². The van der Waals surface area contributed by atoms with Crippen LogP contribution in [0.3, 0.4) is 0 Å². The molecule has 7 heteroatoms. The Hall–Kier alpha value is -3.61. The third-order valence-corrected chi connectivity index (χ3v) is 5.52. The van der Waals surface area contributed by atoms with E-state index in [0.717, 1.165) is 17.0 Å². The highest BCUT2D eigenvalue weighted by atomic mass is 19.1. The number of ketones is 1. The van der Waals surface area contributed by atoms with Crippen LogP contribution in [0.4, 0.5) is 4.39 Å². The summed E-state index contributed by atoms with van der Waals surface area (Å²) < 4.78 is 31.3. The lowest BCUT2D eigenvalue weighted by atomic mass is 10.1. The van der Waals surface area contributed by atoms with E-state index in [1.807, 2.05) is 18.4 Å². The number of aryl methyl sites for hydroxylation is 2. The molecule has 6 nitrogen and oxygen atoms in total. The van der Waals surface area contributed by atoms with Crippen molar-refractivity contribution >= 4 is 11.8 Å². The molecule has 1 aliphatic rings.